The maximum Gasteiger partial charge on any atom is 0.339 e. The van der Waals surface area contributed by atoms with E-state index in [9.17, 15) is 66.1 Å². The van der Waals surface area contributed by atoms with E-state index in [0.29, 0.717) is 24.2 Å². The van der Waals surface area contributed by atoms with Crippen LogP contribution in [0, 0.1) is 36.1 Å². The number of aromatic carboxylic acids is 1. The Morgan fingerprint density at radius 2 is 1.53 bits per heavy atom. The molecule has 5 unspecified atom stereocenters. The Hall–Kier alpha value is -6.12. The van der Waals surface area contributed by atoms with Gasteiger partial charge in [0.25, 0.3) is 11.8 Å². The number of aryl methyl sites for hydroxylation is 1. The fourth-order valence-electron chi connectivity index (χ4n) is 7.42. The first-order valence-corrected chi connectivity index (χ1v) is 19.1. The number of nitrogens with two attached hydrogens (primary N) is 1. The van der Waals surface area contributed by atoms with E-state index >= 15 is 0 Å². The topological polar surface area (TPSA) is 264 Å². The zero-order chi connectivity index (χ0) is 44.6. The van der Waals surface area contributed by atoms with E-state index in [0.717, 1.165) is 11.3 Å². The first kappa shape index (κ1) is 46.6. The van der Waals surface area contributed by atoms with Gasteiger partial charge in [0, 0.05) is 13.0 Å². The molecule has 1 saturated carbocycles. The molecule has 2 aromatic rings. The molecule has 0 radical (unpaired) electrons. The monoisotopic (exact) mass is 850 g/mol. The van der Waals surface area contributed by atoms with E-state index in [2.05, 4.69) is 21.3 Å². The molecule has 2 aromatic carbocycles. The number of ketones is 1. The summed E-state index contributed by atoms with van der Waals surface area (Å²) in [6.45, 7) is 2.07. The Bertz CT molecular complexity index is 2050. The molecule has 2 aliphatic rings. The van der Waals surface area contributed by atoms with Crippen molar-refractivity contribution in [3.63, 3.8) is 0 Å². The Labute approximate surface area is 340 Å². The highest BCUT2D eigenvalue weighted by Crippen LogP contribution is 2.31. The number of ether oxygens (including phenoxy) is 1. The average molecular weight is 851 g/mol. The van der Waals surface area contributed by atoms with E-state index < -0.39 is 131 Å². The van der Waals surface area contributed by atoms with Crippen LogP contribution in [0.3, 0.4) is 0 Å². The number of Topliss-reactive ketones (excluding diaryl/α,β-unsaturated/α-hetero) is 1. The van der Waals surface area contributed by atoms with Crippen LogP contribution in [0.5, 0.6) is 5.75 Å². The molecular formula is C39H46F4N6O11. The van der Waals surface area contributed by atoms with Crippen LogP contribution in [0.2, 0.25) is 0 Å². The molecule has 1 heterocycles. The number of halogens is 4. The minimum Gasteiger partial charge on any atom is -0.497 e. The van der Waals surface area contributed by atoms with Gasteiger partial charge in [-0.2, -0.15) is 0 Å². The van der Waals surface area contributed by atoms with Gasteiger partial charge in [0.2, 0.25) is 29.4 Å². The van der Waals surface area contributed by atoms with Gasteiger partial charge in [-0.3, -0.25) is 33.6 Å². The van der Waals surface area contributed by atoms with E-state index in [4.69, 9.17) is 10.5 Å². The predicted molar refractivity (Wildman–Crippen MR) is 200 cm³/mol. The normalized spacial score (nSPS) is 18.1. The molecule has 0 aromatic heterocycles. The number of carboxylic acid groups (broad SMARTS) is 1. The number of methoxy groups -OCH3 is 1. The first-order valence-electron chi connectivity index (χ1n) is 19.1. The van der Waals surface area contributed by atoms with E-state index in [-0.39, 0.29) is 37.7 Å². The molecule has 1 saturated heterocycles. The molecule has 0 bridgehead atoms. The van der Waals surface area contributed by atoms with Crippen molar-refractivity contribution in [2.75, 3.05) is 20.2 Å². The fraction of sp³-hybridized carbons (Fsp3) is 0.487. The highest BCUT2D eigenvalue weighted by molar-refractivity contribution is 6.38. The van der Waals surface area contributed by atoms with Gasteiger partial charge in [-0.25, -0.2) is 22.4 Å². The summed E-state index contributed by atoms with van der Waals surface area (Å²) >= 11 is 0. The number of nitrogens with one attached hydrogen (secondary N) is 4. The van der Waals surface area contributed by atoms with Gasteiger partial charge >= 0.3 is 5.97 Å². The number of hydrogen-bond donors (Lipinski definition) is 7. The lowest BCUT2D eigenvalue weighted by atomic mass is 9.83. The third kappa shape index (κ3) is 10.7. The standard InChI is InChI=1S/C39H46F4N6O11/c1-4-8-22(33(52)37(56)45-15-24(51)47-31(34(44)53)19-11-17(2)12-21(13-19)60-3)46-35(54)23-14-20(50)16-49(23)38(57)32(18-9-6-5-7-10-18)48-36(55)25-26(39(58)59)28(41)30(43)29(42)27(25)40/h11-13,18,20,22-23,31-32,50H,4-10,14-16H2,1-3H3,(H2,44,53)(H,45,56)(H,46,54)(H,47,51)(H,48,55)(H,58,59). The van der Waals surface area contributed by atoms with Crippen LogP contribution in [0.15, 0.2) is 18.2 Å². The van der Waals surface area contributed by atoms with Crippen molar-refractivity contribution in [3.8, 4) is 5.75 Å². The summed E-state index contributed by atoms with van der Waals surface area (Å²) < 4.78 is 62.8. The molecule has 326 valence electrons. The quantitative estimate of drug-likeness (QED) is 0.0515. The van der Waals surface area contributed by atoms with E-state index in [1.807, 2.05) is 0 Å². The maximum atomic E-state index is 14.9. The zero-order valence-corrected chi connectivity index (χ0v) is 32.9. The summed E-state index contributed by atoms with van der Waals surface area (Å²) in [6, 6.07) is -1.29. The van der Waals surface area contributed by atoms with Crippen molar-refractivity contribution in [1.29, 1.82) is 0 Å². The smallest absolute Gasteiger partial charge is 0.339 e. The summed E-state index contributed by atoms with van der Waals surface area (Å²) in [5, 5.41) is 29.1. The number of nitrogens with zero attached hydrogens (tertiary/aromatic N) is 1. The fourth-order valence-corrected chi connectivity index (χ4v) is 7.42. The molecule has 17 nitrogen and oxygen atoms in total. The summed E-state index contributed by atoms with van der Waals surface area (Å²) in [6.07, 6.45) is 0.826. The third-order valence-electron chi connectivity index (χ3n) is 10.3. The minimum atomic E-state index is -2.47. The van der Waals surface area contributed by atoms with Crippen molar-refractivity contribution in [1.82, 2.24) is 26.2 Å². The summed E-state index contributed by atoms with van der Waals surface area (Å²) in [7, 11) is 1.40. The number of carbonyl (C=O) groups excluding carboxylic acids is 7. The largest absolute Gasteiger partial charge is 0.497 e. The lowest BCUT2D eigenvalue weighted by Crippen LogP contribution is -2.58. The van der Waals surface area contributed by atoms with Crippen molar-refractivity contribution in [2.24, 2.45) is 11.7 Å². The van der Waals surface area contributed by atoms with E-state index in [1.165, 1.54) is 13.2 Å². The van der Waals surface area contributed by atoms with Gasteiger partial charge in [-0.1, -0.05) is 38.7 Å². The number of aliphatic hydroxyl groups is 1. The summed E-state index contributed by atoms with van der Waals surface area (Å²) in [5.41, 5.74) is 2.95. The number of benzene rings is 2. The number of likely N-dealkylation sites (tertiary alicyclic amines) is 1. The van der Waals surface area contributed by atoms with Gasteiger partial charge in [-0.15, -0.1) is 0 Å². The second-order valence-electron chi connectivity index (χ2n) is 14.6. The molecule has 6 amide bonds. The molecule has 1 aliphatic carbocycles. The van der Waals surface area contributed by atoms with Crippen LogP contribution in [-0.4, -0.2) is 107 Å². The highest BCUT2D eigenvalue weighted by atomic mass is 19.2. The number of primary amides is 1. The van der Waals surface area contributed by atoms with Crippen molar-refractivity contribution < 1.29 is 70.9 Å². The molecule has 5 atom stereocenters. The van der Waals surface area contributed by atoms with Crippen LogP contribution in [-0.2, 0) is 28.8 Å². The number of aliphatic hydroxyl groups excluding tert-OH is 1. The lowest BCUT2D eigenvalue weighted by molar-refractivity contribution is -0.143. The van der Waals surface area contributed by atoms with Crippen molar-refractivity contribution in [3.05, 3.63) is 63.7 Å². The van der Waals surface area contributed by atoms with Gasteiger partial charge < -0.3 is 46.9 Å². The molecule has 1 aliphatic heterocycles. The lowest BCUT2D eigenvalue weighted by Gasteiger charge is -2.35. The molecule has 2 fully saturated rings. The van der Waals surface area contributed by atoms with Gasteiger partial charge in [-0.05, 0) is 55.4 Å². The predicted octanol–water partition coefficient (Wildman–Crippen LogP) is 1.21. The summed E-state index contributed by atoms with van der Waals surface area (Å²) in [5.74, 6) is -20.4. The molecule has 60 heavy (non-hydrogen) atoms. The Morgan fingerprint density at radius 1 is 0.900 bits per heavy atom. The van der Waals surface area contributed by atoms with Gasteiger partial charge in [0.15, 0.2) is 23.3 Å². The number of rotatable bonds is 17. The van der Waals surface area contributed by atoms with Crippen LogP contribution in [0.25, 0.3) is 0 Å². The summed E-state index contributed by atoms with van der Waals surface area (Å²) in [4.78, 5) is 105. The highest BCUT2D eigenvalue weighted by Gasteiger charge is 2.45. The Kier molecular flexibility index (Phi) is 15.7. The number of amides is 6. The third-order valence-corrected chi connectivity index (χ3v) is 10.3. The van der Waals surface area contributed by atoms with Crippen LogP contribution in [0.1, 0.15) is 96.2 Å². The van der Waals surface area contributed by atoms with Crippen molar-refractivity contribution in [2.45, 2.75) is 95.5 Å². The first-order chi connectivity index (χ1) is 28.3. The molecule has 21 heteroatoms. The second-order valence-corrected chi connectivity index (χ2v) is 14.6. The zero-order valence-electron chi connectivity index (χ0n) is 32.9. The van der Waals surface area contributed by atoms with Crippen LogP contribution in [0.4, 0.5) is 17.6 Å². The van der Waals surface area contributed by atoms with Crippen molar-refractivity contribution >= 4 is 47.2 Å². The number of carboxylic acids is 1. The molecule has 4 rings (SSSR count). The minimum absolute atomic E-state index is 0.102. The molecule has 8 N–H and O–H groups in total. The number of hydrogen-bond acceptors (Lipinski definition) is 10. The molecule has 0 spiro atoms. The van der Waals surface area contributed by atoms with Crippen LogP contribution < -0.4 is 31.7 Å². The number of β-amino-alcohol motifs (C(OH)–C–C–N with tert-alkyl or cyclic N) is 1. The average Bonchev–Trinajstić information content (AvgIpc) is 3.61. The van der Waals surface area contributed by atoms with Gasteiger partial charge in [0.05, 0.1) is 31.4 Å². The maximum absolute atomic E-state index is 14.9. The van der Waals surface area contributed by atoms with E-state index in [1.54, 1.807) is 26.0 Å². The second kappa shape index (κ2) is 20.2. The Morgan fingerprint density at radius 3 is 2.12 bits per heavy atom. The van der Waals surface area contributed by atoms with Gasteiger partial charge in [0.1, 0.15) is 29.4 Å². The Balaban J connectivity index is 1.50. The molecular weight excluding hydrogens is 804 g/mol. The SMILES string of the molecule is CCCC(NC(=O)C1CC(O)CN1C(=O)C(NC(=O)c1c(F)c(F)c(F)c(F)c1C(=O)O)C1CCCCC1)C(=O)C(=O)NCC(=O)NC(C(N)=O)c1cc(C)cc(OC)c1. The van der Waals surface area contributed by atoms with Crippen LogP contribution >= 0.6 is 0 Å². The number of carbonyl (C=O) groups is 8.